The van der Waals surface area contributed by atoms with Crippen molar-refractivity contribution in [3.63, 3.8) is 0 Å². The molecule has 29 heavy (non-hydrogen) atoms. The number of carbonyl (C=O) groups is 2. The number of nitrogens with zero attached hydrogens (tertiary/aromatic N) is 1. The van der Waals surface area contributed by atoms with Crippen LogP contribution >= 0.6 is 0 Å². The fourth-order valence-corrected chi connectivity index (χ4v) is 4.90. The van der Waals surface area contributed by atoms with Gasteiger partial charge in [0.05, 0.1) is 10.6 Å². The number of hydrogen-bond donors (Lipinski definition) is 2. The van der Waals surface area contributed by atoms with Gasteiger partial charge in [0.1, 0.15) is 5.82 Å². The molecule has 1 heterocycles. The van der Waals surface area contributed by atoms with Crippen molar-refractivity contribution >= 4 is 27.5 Å². The fourth-order valence-electron chi connectivity index (χ4n) is 3.21. The van der Waals surface area contributed by atoms with E-state index in [-0.39, 0.29) is 17.1 Å². The maximum atomic E-state index is 13.6. The van der Waals surface area contributed by atoms with Crippen molar-refractivity contribution in [2.45, 2.75) is 30.7 Å². The third kappa shape index (κ3) is 4.80. The van der Waals surface area contributed by atoms with Crippen molar-refractivity contribution in [3.05, 3.63) is 59.9 Å². The summed E-state index contributed by atoms with van der Waals surface area (Å²) < 4.78 is 40.8. The van der Waals surface area contributed by atoms with Crippen molar-refractivity contribution in [2.24, 2.45) is 0 Å². The first kappa shape index (κ1) is 20.9. The van der Waals surface area contributed by atoms with Crippen molar-refractivity contribution in [2.75, 3.05) is 18.4 Å². The molecule has 7 nitrogen and oxygen atoms in total. The quantitative estimate of drug-likeness (QED) is 0.725. The van der Waals surface area contributed by atoms with Gasteiger partial charge in [-0.15, -0.1) is 0 Å². The maximum absolute atomic E-state index is 13.6. The van der Waals surface area contributed by atoms with Crippen molar-refractivity contribution < 1.29 is 22.4 Å². The first-order valence-electron chi connectivity index (χ1n) is 9.21. The zero-order chi connectivity index (χ0) is 21.0. The van der Waals surface area contributed by atoms with E-state index in [0.717, 1.165) is 5.56 Å². The topological polar surface area (TPSA) is 95.6 Å². The minimum Gasteiger partial charge on any atom is -0.346 e. The average molecular weight is 419 g/mol. The van der Waals surface area contributed by atoms with E-state index in [4.69, 9.17) is 0 Å². The Hall–Kier alpha value is -2.78. The zero-order valence-electron chi connectivity index (χ0n) is 15.9. The molecule has 0 unspecified atom stereocenters. The summed E-state index contributed by atoms with van der Waals surface area (Å²) in [5, 5.41) is 4.65. The van der Waals surface area contributed by atoms with Gasteiger partial charge in [0.2, 0.25) is 10.0 Å². The highest BCUT2D eigenvalue weighted by Crippen LogP contribution is 2.26. The van der Waals surface area contributed by atoms with Crippen molar-refractivity contribution in [1.82, 2.24) is 9.62 Å². The summed E-state index contributed by atoms with van der Waals surface area (Å²) in [6.45, 7) is 2.21. The Bertz CT molecular complexity index is 1010. The lowest BCUT2D eigenvalue weighted by atomic mass is 10.2. The standard InChI is InChI=1S/C20H22FN3O4S/c1-14-8-10-16(11-9-14)29(27,28)24-12-4-5-15(24)13-22-19(25)20(26)23-18-7-3-2-6-17(18)21/h2-3,6-11,15H,4-5,12-13H2,1H3,(H,22,25)(H,23,26)/t15-/m0/s1. The van der Waals surface area contributed by atoms with Gasteiger partial charge in [-0.3, -0.25) is 9.59 Å². The van der Waals surface area contributed by atoms with Gasteiger partial charge in [0.15, 0.2) is 0 Å². The molecule has 0 saturated carbocycles. The number of aryl methyl sites for hydroxylation is 1. The number of hydrogen-bond acceptors (Lipinski definition) is 4. The van der Waals surface area contributed by atoms with Crippen LogP contribution in [0.1, 0.15) is 18.4 Å². The van der Waals surface area contributed by atoms with Crippen LogP contribution in [0.5, 0.6) is 0 Å². The summed E-state index contributed by atoms with van der Waals surface area (Å²) in [6, 6.07) is 11.6. The van der Waals surface area contributed by atoms with E-state index >= 15 is 0 Å². The number of anilines is 1. The predicted molar refractivity (Wildman–Crippen MR) is 106 cm³/mol. The van der Waals surface area contributed by atoms with Crippen LogP contribution in [0.15, 0.2) is 53.4 Å². The van der Waals surface area contributed by atoms with Crippen LogP contribution in [0.2, 0.25) is 0 Å². The van der Waals surface area contributed by atoms with E-state index in [1.165, 1.54) is 28.6 Å². The summed E-state index contributed by atoms with van der Waals surface area (Å²) in [7, 11) is -3.70. The monoisotopic (exact) mass is 419 g/mol. The van der Waals surface area contributed by atoms with Crippen molar-refractivity contribution in [1.29, 1.82) is 0 Å². The first-order valence-corrected chi connectivity index (χ1v) is 10.7. The molecule has 1 aliphatic rings. The van der Waals surface area contributed by atoms with Crippen LogP contribution in [0.4, 0.5) is 10.1 Å². The second-order valence-corrected chi connectivity index (χ2v) is 8.76. The number of benzene rings is 2. The number of rotatable bonds is 5. The Labute approximate surface area is 169 Å². The molecule has 154 valence electrons. The minimum atomic E-state index is -3.70. The van der Waals surface area contributed by atoms with Crippen LogP contribution in [0.3, 0.4) is 0 Å². The van der Waals surface area contributed by atoms with Crippen LogP contribution in [-0.4, -0.2) is 43.7 Å². The van der Waals surface area contributed by atoms with Crippen LogP contribution in [0.25, 0.3) is 0 Å². The second kappa shape index (κ2) is 8.71. The Morgan fingerprint density at radius 3 is 2.48 bits per heavy atom. The van der Waals surface area contributed by atoms with E-state index in [2.05, 4.69) is 10.6 Å². The SMILES string of the molecule is Cc1ccc(S(=O)(=O)N2CCC[C@H]2CNC(=O)C(=O)Nc2ccccc2F)cc1. The molecule has 2 aromatic rings. The summed E-state index contributed by atoms with van der Waals surface area (Å²) in [6.07, 6.45) is 1.23. The predicted octanol–water partition coefficient (Wildman–Crippen LogP) is 2.04. The van der Waals surface area contributed by atoms with E-state index in [1.807, 2.05) is 6.92 Å². The number of para-hydroxylation sites is 1. The largest absolute Gasteiger partial charge is 0.346 e. The highest BCUT2D eigenvalue weighted by Gasteiger charge is 2.35. The van der Waals surface area contributed by atoms with Crippen molar-refractivity contribution in [3.8, 4) is 0 Å². The smallest absolute Gasteiger partial charge is 0.313 e. The number of sulfonamides is 1. The molecular formula is C20H22FN3O4S. The van der Waals surface area contributed by atoms with E-state index < -0.39 is 33.7 Å². The third-order valence-electron chi connectivity index (χ3n) is 4.78. The van der Waals surface area contributed by atoms with Gasteiger partial charge >= 0.3 is 11.8 Å². The lowest BCUT2D eigenvalue weighted by Crippen LogP contribution is -2.45. The Kier molecular flexibility index (Phi) is 6.29. The summed E-state index contributed by atoms with van der Waals surface area (Å²) in [5.41, 5.74) is 0.854. The van der Waals surface area contributed by atoms with E-state index in [0.29, 0.717) is 19.4 Å². The molecule has 0 aromatic heterocycles. The number of amides is 2. The van der Waals surface area contributed by atoms with Crippen LogP contribution < -0.4 is 10.6 Å². The van der Waals surface area contributed by atoms with E-state index in [9.17, 15) is 22.4 Å². The van der Waals surface area contributed by atoms with Gasteiger partial charge in [-0.05, 0) is 44.0 Å². The Balaban J connectivity index is 1.62. The molecule has 2 aromatic carbocycles. The number of nitrogens with one attached hydrogen (secondary N) is 2. The summed E-state index contributed by atoms with van der Waals surface area (Å²) in [4.78, 5) is 24.2. The highest BCUT2D eigenvalue weighted by molar-refractivity contribution is 7.89. The van der Waals surface area contributed by atoms with Gasteiger partial charge < -0.3 is 10.6 Å². The molecule has 0 bridgehead atoms. The summed E-state index contributed by atoms with van der Waals surface area (Å²) >= 11 is 0. The van der Waals surface area contributed by atoms with Gasteiger partial charge in [0, 0.05) is 19.1 Å². The van der Waals surface area contributed by atoms with Crippen LogP contribution in [0, 0.1) is 12.7 Å². The molecule has 1 fully saturated rings. The number of carbonyl (C=O) groups excluding carboxylic acids is 2. The first-order chi connectivity index (χ1) is 13.8. The molecule has 3 rings (SSSR count). The Morgan fingerprint density at radius 1 is 1.10 bits per heavy atom. The molecular weight excluding hydrogens is 397 g/mol. The van der Waals surface area contributed by atoms with E-state index in [1.54, 1.807) is 24.3 Å². The molecule has 9 heteroatoms. The third-order valence-corrected chi connectivity index (χ3v) is 6.74. The molecule has 0 radical (unpaired) electrons. The summed E-state index contributed by atoms with van der Waals surface area (Å²) in [5.74, 6) is -2.62. The molecule has 1 aliphatic heterocycles. The van der Waals surface area contributed by atoms with Gasteiger partial charge in [-0.2, -0.15) is 4.31 Å². The molecule has 2 N–H and O–H groups in total. The van der Waals surface area contributed by atoms with Crippen LogP contribution in [-0.2, 0) is 19.6 Å². The second-order valence-electron chi connectivity index (χ2n) is 6.87. The zero-order valence-corrected chi connectivity index (χ0v) is 16.7. The number of halogens is 1. The van der Waals surface area contributed by atoms with Gasteiger partial charge in [-0.1, -0.05) is 29.8 Å². The molecule has 0 spiro atoms. The fraction of sp³-hybridized carbons (Fsp3) is 0.300. The lowest BCUT2D eigenvalue weighted by Gasteiger charge is -2.24. The molecule has 1 saturated heterocycles. The normalized spacial score (nSPS) is 17.1. The minimum absolute atomic E-state index is 0.00534. The molecule has 2 amide bonds. The van der Waals surface area contributed by atoms with Gasteiger partial charge in [-0.25, -0.2) is 12.8 Å². The van der Waals surface area contributed by atoms with Gasteiger partial charge in [0.25, 0.3) is 0 Å². The maximum Gasteiger partial charge on any atom is 0.313 e. The highest BCUT2D eigenvalue weighted by atomic mass is 32.2. The molecule has 0 aliphatic carbocycles. The average Bonchev–Trinajstić information content (AvgIpc) is 3.17. The molecule has 1 atom stereocenters. The Morgan fingerprint density at radius 2 is 1.79 bits per heavy atom. The lowest BCUT2D eigenvalue weighted by molar-refractivity contribution is -0.136.